The number of hydrogen-bond donors (Lipinski definition) is 1. The molecule has 1 aliphatic heterocycles. The van der Waals surface area contributed by atoms with E-state index in [1.54, 1.807) is 0 Å². The molecule has 1 heterocycles. The number of carbonyl (C=O) groups is 1. The second kappa shape index (κ2) is 3.81. The maximum Gasteiger partial charge on any atom is 0.330 e. The summed E-state index contributed by atoms with van der Waals surface area (Å²) in [5.74, 6) is 2.00. The topological polar surface area (TPSA) is 37.3 Å². The minimum Gasteiger partial charge on any atom is -0.478 e. The molecule has 3 heteroatoms. The van der Waals surface area contributed by atoms with Crippen molar-refractivity contribution in [2.45, 2.75) is 12.8 Å². The van der Waals surface area contributed by atoms with Gasteiger partial charge >= 0.3 is 5.97 Å². The number of carboxylic acid groups (broad SMARTS) is 1. The summed E-state index contributed by atoms with van der Waals surface area (Å²) in [6.07, 6.45) is 1.82. The maximum absolute atomic E-state index is 10.4. The van der Waals surface area contributed by atoms with Gasteiger partial charge in [-0.3, -0.25) is 0 Å². The molecular weight excluding hydrogens is 160 g/mol. The van der Waals surface area contributed by atoms with Gasteiger partial charge in [-0.1, -0.05) is 6.58 Å². The van der Waals surface area contributed by atoms with Gasteiger partial charge in [0.15, 0.2) is 0 Å². The standard InChI is InChI=1S/C8H12O2S/c1-6(8(9)10)4-7-2-3-11-5-7/h7H,1-5H2,(H,9,10). The fraction of sp³-hybridized carbons (Fsp3) is 0.625. The summed E-state index contributed by atoms with van der Waals surface area (Å²) in [5, 5.41) is 8.54. The first-order valence-corrected chi connectivity index (χ1v) is 4.84. The highest BCUT2D eigenvalue weighted by Crippen LogP contribution is 2.28. The molecule has 62 valence electrons. The molecule has 2 nitrogen and oxygen atoms in total. The Morgan fingerprint density at radius 2 is 2.45 bits per heavy atom. The normalized spacial score (nSPS) is 23.5. The van der Waals surface area contributed by atoms with Crippen LogP contribution in [0.2, 0.25) is 0 Å². The van der Waals surface area contributed by atoms with Gasteiger partial charge in [-0.05, 0) is 30.3 Å². The van der Waals surface area contributed by atoms with Crippen LogP contribution < -0.4 is 0 Å². The number of rotatable bonds is 3. The van der Waals surface area contributed by atoms with Gasteiger partial charge in [0.2, 0.25) is 0 Å². The van der Waals surface area contributed by atoms with E-state index >= 15 is 0 Å². The van der Waals surface area contributed by atoms with Crippen LogP contribution in [0.1, 0.15) is 12.8 Å². The van der Waals surface area contributed by atoms with Crippen molar-refractivity contribution in [1.29, 1.82) is 0 Å². The van der Waals surface area contributed by atoms with Crippen molar-refractivity contribution >= 4 is 17.7 Å². The Labute approximate surface area is 70.7 Å². The van der Waals surface area contributed by atoms with Crippen LogP contribution in [0.5, 0.6) is 0 Å². The van der Waals surface area contributed by atoms with Crippen LogP contribution >= 0.6 is 11.8 Å². The molecule has 1 rings (SSSR count). The van der Waals surface area contributed by atoms with E-state index in [4.69, 9.17) is 5.11 Å². The van der Waals surface area contributed by atoms with Crippen molar-refractivity contribution in [2.24, 2.45) is 5.92 Å². The summed E-state index contributed by atoms with van der Waals surface area (Å²) >= 11 is 1.90. The fourth-order valence-corrected chi connectivity index (χ4v) is 2.46. The molecule has 0 bridgehead atoms. The van der Waals surface area contributed by atoms with E-state index in [1.807, 2.05) is 11.8 Å². The molecule has 0 spiro atoms. The molecule has 0 radical (unpaired) electrons. The zero-order valence-electron chi connectivity index (χ0n) is 6.38. The van der Waals surface area contributed by atoms with E-state index in [2.05, 4.69) is 6.58 Å². The van der Waals surface area contributed by atoms with E-state index in [1.165, 1.54) is 5.75 Å². The van der Waals surface area contributed by atoms with Gasteiger partial charge in [0.05, 0.1) is 0 Å². The summed E-state index contributed by atoms with van der Waals surface area (Å²) in [4.78, 5) is 10.4. The van der Waals surface area contributed by atoms with Crippen molar-refractivity contribution in [3.8, 4) is 0 Å². The molecule has 11 heavy (non-hydrogen) atoms. The van der Waals surface area contributed by atoms with Crippen LogP contribution in [0.4, 0.5) is 0 Å². The molecule has 0 aromatic heterocycles. The molecule has 1 fully saturated rings. The first-order chi connectivity index (χ1) is 5.20. The Bertz CT molecular complexity index is 171. The maximum atomic E-state index is 10.4. The van der Waals surface area contributed by atoms with Crippen LogP contribution in [0.15, 0.2) is 12.2 Å². The molecule has 1 saturated heterocycles. The molecule has 0 saturated carbocycles. The quantitative estimate of drug-likeness (QED) is 0.659. The van der Waals surface area contributed by atoms with Crippen LogP contribution in [-0.2, 0) is 4.79 Å². The Kier molecular flexibility index (Phi) is 3.00. The summed E-state index contributed by atoms with van der Waals surface area (Å²) in [6.45, 7) is 3.51. The summed E-state index contributed by atoms with van der Waals surface area (Å²) in [6, 6.07) is 0. The SMILES string of the molecule is C=C(CC1CCSC1)C(=O)O. The van der Waals surface area contributed by atoms with Crippen molar-refractivity contribution in [3.63, 3.8) is 0 Å². The van der Waals surface area contributed by atoms with Gasteiger partial charge in [-0.2, -0.15) is 11.8 Å². The number of carboxylic acids is 1. The number of thioether (sulfide) groups is 1. The summed E-state index contributed by atoms with van der Waals surface area (Å²) < 4.78 is 0. The van der Waals surface area contributed by atoms with Crippen molar-refractivity contribution in [1.82, 2.24) is 0 Å². The molecule has 1 atom stereocenters. The zero-order valence-corrected chi connectivity index (χ0v) is 7.19. The Morgan fingerprint density at radius 3 is 2.91 bits per heavy atom. The lowest BCUT2D eigenvalue weighted by molar-refractivity contribution is -0.132. The smallest absolute Gasteiger partial charge is 0.330 e. The molecule has 0 aromatic rings. The Morgan fingerprint density at radius 1 is 1.73 bits per heavy atom. The zero-order chi connectivity index (χ0) is 8.27. The Hall–Kier alpha value is -0.440. The third-order valence-corrected chi connectivity index (χ3v) is 3.09. The van der Waals surface area contributed by atoms with Gasteiger partial charge in [-0.15, -0.1) is 0 Å². The third kappa shape index (κ3) is 2.58. The largest absolute Gasteiger partial charge is 0.478 e. The van der Waals surface area contributed by atoms with E-state index in [0.717, 1.165) is 12.2 Å². The van der Waals surface area contributed by atoms with Crippen molar-refractivity contribution in [2.75, 3.05) is 11.5 Å². The second-order valence-electron chi connectivity index (χ2n) is 2.84. The summed E-state index contributed by atoms with van der Waals surface area (Å²) in [5.41, 5.74) is 0.359. The van der Waals surface area contributed by atoms with E-state index in [-0.39, 0.29) is 0 Å². The van der Waals surface area contributed by atoms with E-state index in [9.17, 15) is 4.79 Å². The molecule has 0 aliphatic carbocycles. The lowest BCUT2D eigenvalue weighted by Gasteiger charge is -2.06. The van der Waals surface area contributed by atoms with Gasteiger partial charge in [-0.25, -0.2) is 4.79 Å². The fourth-order valence-electron chi connectivity index (χ4n) is 1.18. The molecule has 1 N–H and O–H groups in total. The van der Waals surface area contributed by atoms with Gasteiger partial charge in [0.25, 0.3) is 0 Å². The molecule has 1 unspecified atom stereocenters. The highest BCUT2D eigenvalue weighted by atomic mass is 32.2. The third-order valence-electron chi connectivity index (χ3n) is 1.86. The van der Waals surface area contributed by atoms with Crippen LogP contribution in [-0.4, -0.2) is 22.6 Å². The first-order valence-electron chi connectivity index (χ1n) is 3.69. The summed E-state index contributed by atoms with van der Waals surface area (Å²) in [7, 11) is 0. The monoisotopic (exact) mass is 172 g/mol. The van der Waals surface area contributed by atoms with Gasteiger partial charge in [0.1, 0.15) is 0 Å². The predicted molar refractivity (Wildman–Crippen MR) is 46.8 cm³/mol. The van der Waals surface area contributed by atoms with Gasteiger partial charge in [0, 0.05) is 5.57 Å². The van der Waals surface area contributed by atoms with Gasteiger partial charge < -0.3 is 5.11 Å². The predicted octanol–water partition coefficient (Wildman–Crippen LogP) is 1.77. The second-order valence-corrected chi connectivity index (χ2v) is 3.99. The van der Waals surface area contributed by atoms with Crippen LogP contribution in [0.3, 0.4) is 0 Å². The molecular formula is C8H12O2S. The molecule has 0 aromatic carbocycles. The molecule has 1 aliphatic rings. The van der Waals surface area contributed by atoms with Crippen LogP contribution in [0.25, 0.3) is 0 Å². The van der Waals surface area contributed by atoms with E-state index in [0.29, 0.717) is 17.9 Å². The first kappa shape index (κ1) is 8.65. The van der Waals surface area contributed by atoms with Crippen molar-refractivity contribution < 1.29 is 9.90 Å². The van der Waals surface area contributed by atoms with E-state index < -0.39 is 5.97 Å². The Balaban J connectivity index is 2.29. The minimum absolute atomic E-state index is 0.359. The lowest BCUT2D eigenvalue weighted by Crippen LogP contribution is -2.06. The minimum atomic E-state index is -0.845. The van der Waals surface area contributed by atoms with Crippen molar-refractivity contribution in [3.05, 3.63) is 12.2 Å². The highest BCUT2D eigenvalue weighted by Gasteiger charge is 2.18. The number of aliphatic carboxylic acids is 1. The molecule has 0 amide bonds. The average Bonchev–Trinajstić information content (AvgIpc) is 2.39. The highest BCUT2D eigenvalue weighted by molar-refractivity contribution is 7.99. The lowest BCUT2D eigenvalue weighted by atomic mass is 10.0. The number of hydrogen-bond acceptors (Lipinski definition) is 2. The van der Waals surface area contributed by atoms with Crippen LogP contribution in [0, 0.1) is 5.92 Å². The average molecular weight is 172 g/mol.